The van der Waals surface area contributed by atoms with Crippen molar-refractivity contribution in [1.29, 1.82) is 0 Å². The Kier molecular flexibility index (Phi) is 64.3. The van der Waals surface area contributed by atoms with E-state index in [4.69, 9.17) is 37.0 Å². The first-order valence-corrected chi connectivity index (χ1v) is 41.8. The van der Waals surface area contributed by atoms with E-state index in [-0.39, 0.29) is 25.7 Å². The molecule has 0 fully saturated rings. The van der Waals surface area contributed by atoms with Crippen molar-refractivity contribution in [3.05, 3.63) is 0 Å². The number of unbranched alkanes of at least 4 members (excludes halogenated alkanes) is 41. The van der Waals surface area contributed by atoms with Gasteiger partial charge in [-0.1, -0.05) is 331 Å². The quantitative estimate of drug-likeness (QED) is 0.0222. The second-order valence-corrected chi connectivity index (χ2v) is 31.4. The second-order valence-electron chi connectivity index (χ2n) is 28.5. The van der Waals surface area contributed by atoms with E-state index < -0.39 is 97.5 Å². The number of aliphatic hydroxyl groups excluding tert-OH is 1. The summed E-state index contributed by atoms with van der Waals surface area (Å²) in [7, 11) is -9.91. The number of aliphatic hydroxyl groups is 1. The van der Waals surface area contributed by atoms with Crippen LogP contribution in [0.15, 0.2) is 0 Å². The first-order valence-electron chi connectivity index (χ1n) is 38.8. The number of carbonyl (C=O) groups is 4. The minimum absolute atomic E-state index is 0.107. The monoisotopic (exact) mass is 1380 g/mol. The highest BCUT2D eigenvalue weighted by atomic mass is 31.2. The lowest BCUT2D eigenvalue weighted by Crippen LogP contribution is -2.30. The maximum Gasteiger partial charge on any atom is 0.472 e. The molecule has 0 aromatic rings. The molecule has 94 heavy (non-hydrogen) atoms. The molecule has 0 aliphatic carbocycles. The van der Waals surface area contributed by atoms with Crippen LogP contribution in [0.25, 0.3) is 0 Å². The second kappa shape index (κ2) is 65.7. The summed E-state index contributed by atoms with van der Waals surface area (Å²) in [5.74, 6) is 0.172. The van der Waals surface area contributed by atoms with Gasteiger partial charge in [0.1, 0.15) is 19.3 Å². The molecule has 17 nitrogen and oxygen atoms in total. The van der Waals surface area contributed by atoms with Crippen molar-refractivity contribution in [1.82, 2.24) is 0 Å². The number of ether oxygens (including phenoxy) is 4. The van der Waals surface area contributed by atoms with Gasteiger partial charge in [-0.3, -0.25) is 37.3 Å². The number of rotatable bonds is 73. The highest BCUT2D eigenvalue weighted by Crippen LogP contribution is 2.45. The van der Waals surface area contributed by atoms with Crippen LogP contribution in [0.4, 0.5) is 0 Å². The maximum absolute atomic E-state index is 13.1. The first-order chi connectivity index (χ1) is 45.2. The van der Waals surface area contributed by atoms with E-state index in [9.17, 15) is 43.2 Å². The summed E-state index contributed by atoms with van der Waals surface area (Å²) in [6.07, 6.45) is 51.2. The van der Waals surface area contributed by atoms with Crippen LogP contribution >= 0.6 is 15.6 Å². The molecule has 0 bridgehead atoms. The van der Waals surface area contributed by atoms with Crippen LogP contribution in [0, 0.1) is 17.8 Å². The molecule has 0 aromatic carbocycles. The molecule has 0 saturated heterocycles. The molecule has 0 saturated carbocycles. The number of phosphoric acid groups is 2. The SMILES string of the molecule is CCCCCCCCCCCCCCCC(=O)O[C@H](COC(=O)CCCCCCCCCCCC(C)C)COP(=O)(O)OC[C@H](O)COP(=O)(O)OC[C@@H](COC(=O)CCCCCCCCCCCCC(C)C)OC(=O)CCCCCCCCCCCCCCCC(C)C. The molecule has 0 radical (unpaired) electrons. The van der Waals surface area contributed by atoms with Crippen LogP contribution in [-0.4, -0.2) is 96.7 Å². The fourth-order valence-corrected chi connectivity index (χ4v) is 13.0. The van der Waals surface area contributed by atoms with Gasteiger partial charge in [0.15, 0.2) is 12.2 Å². The van der Waals surface area contributed by atoms with E-state index in [1.54, 1.807) is 0 Å². The third kappa shape index (κ3) is 68.6. The normalized spacial score (nSPS) is 14.1. The average molecular weight is 1380 g/mol. The van der Waals surface area contributed by atoms with Crippen molar-refractivity contribution in [2.75, 3.05) is 39.6 Å². The Labute approximate surface area is 575 Å². The van der Waals surface area contributed by atoms with E-state index in [1.165, 1.54) is 193 Å². The number of esters is 4. The highest BCUT2D eigenvalue weighted by Gasteiger charge is 2.30. The molecule has 0 heterocycles. The standard InChI is InChI=1S/C75H146O17P2/c1-8-9-10-11-12-13-14-16-20-29-37-44-51-58-74(79)92-71(63-86-73(78)57-50-43-36-31-24-27-34-41-48-55-68(6)7)65-90-94(83,84)88-61-69(76)60-87-93(81,82)89-64-70(62-85-72(77)56-49-42-35-28-23-22-26-33-40-47-54-67(4)5)91-75(80)59-52-45-38-30-21-18-15-17-19-25-32-39-46-53-66(2)3/h66-71,76H,8-65H2,1-7H3,(H,81,82)(H,83,84)/t69-,70-,71-/m1/s1. The first kappa shape index (κ1) is 92.1. The number of hydrogen-bond donors (Lipinski definition) is 3. The number of carbonyl (C=O) groups excluding carboxylic acids is 4. The van der Waals surface area contributed by atoms with Gasteiger partial charge < -0.3 is 33.8 Å². The minimum atomic E-state index is -4.96. The molecule has 0 aromatic heterocycles. The zero-order chi connectivity index (χ0) is 69.4. The van der Waals surface area contributed by atoms with Gasteiger partial charge >= 0.3 is 39.5 Å². The topological polar surface area (TPSA) is 237 Å². The van der Waals surface area contributed by atoms with Gasteiger partial charge in [0.25, 0.3) is 0 Å². The molecule has 0 aliphatic rings. The van der Waals surface area contributed by atoms with Crippen LogP contribution in [0.5, 0.6) is 0 Å². The molecule has 0 rings (SSSR count). The van der Waals surface area contributed by atoms with Crippen molar-refractivity contribution in [3.8, 4) is 0 Å². The Balaban J connectivity index is 5.27. The fraction of sp³-hybridized carbons (Fsp3) is 0.947. The molecule has 0 amide bonds. The molecule has 558 valence electrons. The van der Waals surface area contributed by atoms with Gasteiger partial charge in [0.05, 0.1) is 26.4 Å². The molecule has 2 unspecified atom stereocenters. The minimum Gasteiger partial charge on any atom is -0.462 e. The smallest absolute Gasteiger partial charge is 0.462 e. The summed E-state index contributed by atoms with van der Waals surface area (Å²) >= 11 is 0. The van der Waals surface area contributed by atoms with Crippen LogP contribution < -0.4 is 0 Å². The molecule has 3 N–H and O–H groups in total. The Morgan fingerprint density at radius 3 is 0.723 bits per heavy atom. The van der Waals surface area contributed by atoms with E-state index in [0.717, 1.165) is 108 Å². The van der Waals surface area contributed by atoms with Crippen molar-refractivity contribution >= 4 is 39.5 Å². The fourth-order valence-electron chi connectivity index (χ4n) is 11.4. The molecular weight excluding hydrogens is 1230 g/mol. The van der Waals surface area contributed by atoms with Gasteiger partial charge in [0.2, 0.25) is 0 Å². The summed E-state index contributed by atoms with van der Waals surface area (Å²) in [4.78, 5) is 72.8. The zero-order valence-corrected chi connectivity index (χ0v) is 63.2. The van der Waals surface area contributed by atoms with E-state index in [2.05, 4.69) is 48.5 Å². The molecule has 5 atom stereocenters. The van der Waals surface area contributed by atoms with Crippen LogP contribution in [-0.2, 0) is 65.4 Å². The molecular formula is C75H146O17P2. The van der Waals surface area contributed by atoms with Crippen LogP contribution in [0.1, 0.15) is 382 Å². The van der Waals surface area contributed by atoms with E-state index >= 15 is 0 Å². The summed E-state index contributed by atoms with van der Waals surface area (Å²) in [5, 5.41) is 10.6. The zero-order valence-electron chi connectivity index (χ0n) is 61.4. The van der Waals surface area contributed by atoms with E-state index in [1.807, 2.05) is 0 Å². The molecule has 0 aliphatic heterocycles. The van der Waals surface area contributed by atoms with Crippen LogP contribution in [0.3, 0.4) is 0 Å². The Bertz CT molecular complexity index is 1840. The lowest BCUT2D eigenvalue weighted by molar-refractivity contribution is -0.161. The van der Waals surface area contributed by atoms with Crippen molar-refractivity contribution in [2.24, 2.45) is 17.8 Å². The number of hydrogen-bond acceptors (Lipinski definition) is 15. The molecule has 0 spiro atoms. The summed E-state index contributed by atoms with van der Waals surface area (Å²) in [6.45, 7) is 11.9. The van der Waals surface area contributed by atoms with Gasteiger partial charge in [-0.25, -0.2) is 9.13 Å². The van der Waals surface area contributed by atoms with E-state index in [0.29, 0.717) is 25.7 Å². The largest absolute Gasteiger partial charge is 0.472 e. The van der Waals surface area contributed by atoms with Crippen molar-refractivity contribution < 1.29 is 80.2 Å². The van der Waals surface area contributed by atoms with Gasteiger partial charge in [-0.15, -0.1) is 0 Å². The number of phosphoric ester groups is 2. The lowest BCUT2D eigenvalue weighted by Gasteiger charge is -2.21. The maximum atomic E-state index is 13.1. The third-order valence-electron chi connectivity index (χ3n) is 17.4. The highest BCUT2D eigenvalue weighted by molar-refractivity contribution is 7.47. The van der Waals surface area contributed by atoms with Gasteiger partial charge in [0, 0.05) is 25.7 Å². The third-order valence-corrected chi connectivity index (χ3v) is 19.3. The lowest BCUT2D eigenvalue weighted by atomic mass is 10.0. The van der Waals surface area contributed by atoms with Crippen LogP contribution in [0.2, 0.25) is 0 Å². The Morgan fingerprint density at radius 1 is 0.287 bits per heavy atom. The summed E-state index contributed by atoms with van der Waals surface area (Å²) in [6, 6.07) is 0. The predicted molar refractivity (Wildman–Crippen MR) is 381 cm³/mol. The summed E-state index contributed by atoms with van der Waals surface area (Å²) in [5.41, 5.74) is 0. The average Bonchev–Trinajstić information content (AvgIpc) is 1.40. The van der Waals surface area contributed by atoms with Gasteiger partial charge in [-0.05, 0) is 43.4 Å². The summed E-state index contributed by atoms with van der Waals surface area (Å²) < 4.78 is 68.5. The predicted octanol–water partition coefficient (Wildman–Crippen LogP) is 21.8. The molecule has 19 heteroatoms. The Hall–Kier alpha value is -1.94. The Morgan fingerprint density at radius 2 is 0.489 bits per heavy atom. The van der Waals surface area contributed by atoms with Crippen molar-refractivity contribution in [3.63, 3.8) is 0 Å². The van der Waals surface area contributed by atoms with Gasteiger partial charge in [-0.2, -0.15) is 0 Å². The van der Waals surface area contributed by atoms with Crippen molar-refractivity contribution in [2.45, 2.75) is 401 Å².